The molecule has 11 heteroatoms. The Balaban J connectivity index is 1.32. The van der Waals surface area contributed by atoms with Gasteiger partial charge in [0, 0.05) is 23.7 Å². The Morgan fingerprint density at radius 3 is 3.03 bits per heavy atom. The zero-order chi connectivity index (χ0) is 20.2. The number of hydrogen-bond acceptors (Lipinski definition) is 8. The molecule has 2 bridgehead atoms. The summed E-state index contributed by atoms with van der Waals surface area (Å²) in [6.07, 6.45) is 0.775. The molecule has 4 atom stereocenters. The van der Waals surface area contributed by atoms with Crippen LogP contribution < -0.4 is 15.8 Å². The molecule has 0 amide bonds. The summed E-state index contributed by atoms with van der Waals surface area (Å²) in [5, 5.41) is 0. The van der Waals surface area contributed by atoms with Gasteiger partial charge < -0.3 is 14.0 Å². The van der Waals surface area contributed by atoms with E-state index in [2.05, 4.69) is 4.98 Å². The third-order valence-corrected chi connectivity index (χ3v) is 6.60. The minimum atomic E-state index is -3.80. The number of rotatable bonds is 4. The van der Waals surface area contributed by atoms with Gasteiger partial charge in [-0.2, -0.15) is 0 Å². The molecule has 1 aromatic carbocycles. The summed E-state index contributed by atoms with van der Waals surface area (Å²) < 4.78 is 42.3. The molecule has 2 aromatic rings. The Hall–Kier alpha value is -2.23. The Morgan fingerprint density at radius 2 is 2.17 bits per heavy atom. The second-order valence-electron chi connectivity index (χ2n) is 7.42. The van der Waals surface area contributed by atoms with E-state index >= 15 is 0 Å². The van der Waals surface area contributed by atoms with Gasteiger partial charge in [0.2, 0.25) is 0 Å². The molecule has 2 saturated heterocycles. The van der Waals surface area contributed by atoms with Gasteiger partial charge in [0.05, 0.1) is 19.8 Å². The molecule has 154 valence electrons. The molecule has 10 nitrogen and oxygen atoms in total. The first kappa shape index (κ1) is 18.8. The van der Waals surface area contributed by atoms with Gasteiger partial charge in [-0.25, -0.2) is 9.36 Å². The lowest BCUT2D eigenvalue weighted by Gasteiger charge is -2.32. The molecular weight excluding hydrogens is 403 g/mol. The molecule has 3 aliphatic rings. The molecule has 4 heterocycles. The first-order valence-electron chi connectivity index (χ1n) is 9.15. The number of phosphoric acid groups is 1. The van der Waals surface area contributed by atoms with Gasteiger partial charge in [-0.1, -0.05) is 18.2 Å². The van der Waals surface area contributed by atoms with Gasteiger partial charge in [-0.05, 0) is 13.0 Å². The normalized spacial score (nSPS) is 32.7. The smallest absolute Gasteiger partial charge is 0.404 e. The monoisotopic (exact) mass is 422 g/mol. The quantitative estimate of drug-likeness (QED) is 0.739. The lowest BCUT2D eigenvalue weighted by Crippen LogP contribution is -2.43. The average Bonchev–Trinajstić information content (AvgIpc) is 3.28. The highest BCUT2D eigenvalue weighted by Crippen LogP contribution is 2.56. The number of nitrogens with zero attached hydrogens (tertiary/aromatic N) is 1. The first-order valence-corrected chi connectivity index (χ1v) is 10.6. The summed E-state index contributed by atoms with van der Waals surface area (Å²) in [5.41, 5.74) is -0.747. The van der Waals surface area contributed by atoms with E-state index in [1.807, 2.05) is 12.1 Å². The highest BCUT2D eigenvalue weighted by atomic mass is 31.2. The van der Waals surface area contributed by atoms with Crippen molar-refractivity contribution in [3.8, 4) is 5.75 Å². The fourth-order valence-electron chi connectivity index (χ4n) is 3.75. The molecule has 1 aromatic heterocycles. The Bertz CT molecular complexity index is 1130. The summed E-state index contributed by atoms with van der Waals surface area (Å²) >= 11 is 0. The van der Waals surface area contributed by atoms with E-state index < -0.39 is 37.0 Å². The van der Waals surface area contributed by atoms with Gasteiger partial charge in [-0.3, -0.25) is 23.4 Å². The Labute approximate surface area is 164 Å². The minimum absolute atomic E-state index is 0.0868. The van der Waals surface area contributed by atoms with Crippen LogP contribution in [-0.4, -0.2) is 34.5 Å². The minimum Gasteiger partial charge on any atom is -0.404 e. The van der Waals surface area contributed by atoms with Crippen LogP contribution in [0.3, 0.4) is 0 Å². The second kappa shape index (κ2) is 6.65. The topological polar surface area (TPSA) is 118 Å². The molecule has 29 heavy (non-hydrogen) atoms. The third-order valence-electron chi connectivity index (χ3n) is 5.29. The Morgan fingerprint density at radius 1 is 1.34 bits per heavy atom. The van der Waals surface area contributed by atoms with E-state index in [1.54, 1.807) is 19.1 Å². The van der Waals surface area contributed by atoms with Crippen LogP contribution in [0.15, 0.2) is 40.1 Å². The van der Waals surface area contributed by atoms with Crippen LogP contribution in [0.4, 0.5) is 0 Å². The van der Waals surface area contributed by atoms with E-state index in [4.69, 9.17) is 23.0 Å². The fraction of sp³-hybridized carbons (Fsp3) is 0.444. The number of benzene rings is 1. The van der Waals surface area contributed by atoms with Crippen LogP contribution in [0.1, 0.15) is 23.8 Å². The number of nitrogens with one attached hydrogen (secondary N) is 1. The number of aryl methyl sites for hydroxylation is 1. The fourth-order valence-corrected chi connectivity index (χ4v) is 5.04. The van der Waals surface area contributed by atoms with Crippen molar-refractivity contribution >= 4 is 7.82 Å². The van der Waals surface area contributed by atoms with Crippen molar-refractivity contribution in [1.82, 2.24) is 9.55 Å². The molecule has 0 spiro atoms. The summed E-state index contributed by atoms with van der Waals surface area (Å²) in [6.45, 7) is 1.86. The summed E-state index contributed by atoms with van der Waals surface area (Å²) in [7, 11) is -3.80. The van der Waals surface area contributed by atoms with Crippen molar-refractivity contribution in [2.45, 2.75) is 37.9 Å². The number of aromatic nitrogens is 2. The highest BCUT2D eigenvalue weighted by molar-refractivity contribution is 7.49. The second-order valence-corrected chi connectivity index (χ2v) is 9.01. The SMILES string of the molecule is Cc1cn([C@@H]2OC3(COP4(=O)OCc5ccccc5O4)CO[C@@H]2C3)c(=O)[nH]c1=O. The molecule has 0 radical (unpaired) electrons. The summed E-state index contributed by atoms with van der Waals surface area (Å²) in [4.78, 5) is 26.1. The number of aromatic amines is 1. The van der Waals surface area contributed by atoms with Gasteiger partial charge in [-0.15, -0.1) is 0 Å². The lowest BCUT2D eigenvalue weighted by atomic mass is 10.0. The van der Waals surface area contributed by atoms with Gasteiger partial charge in [0.1, 0.15) is 17.5 Å². The van der Waals surface area contributed by atoms with Crippen LogP contribution >= 0.6 is 7.82 Å². The van der Waals surface area contributed by atoms with Crippen molar-refractivity contribution in [2.75, 3.05) is 13.2 Å². The molecule has 2 unspecified atom stereocenters. The van der Waals surface area contributed by atoms with E-state index in [1.165, 1.54) is 10.8 Å². The number of fused-ring (bicyclic) bond motifs is 3. The molecule has 0 aliphatic carbocycles. The number of para-hydroxylation sites is 1. The van der Waals surface area contributed by atoms with Crippen molar-refractivity contribution in [3.05, 3.63) is 62.4 Å². The van der Waals surface area contributed by atoms with E-state index in [0.29, 0.717) is 17.7 Å². The number of phosphoric ester groups is 1. The third kappa shape index (κ3) is 3.27. The molecule has 1 N–H and O–H groups in total. The molecule has 2 fully saturated rings. The average molecular weight is 422 g/mol. The van der Waals surface area contributed by atoms with Crippen LogP contribution in [0.25, 0.3) is 0 Å². The number of hydrogen-bond donors (Lipinski definition) is 1. The van der Waals surface area contributed by atoms with Crippen LogP contribution in [0, 0.1) is 6.92 Å². The van der Waals surface area contributed by atoms with E-state index in [0.717, 1.165) is 5.56 Å². The highest BCUT2D eigenvalue weighted by Gasteiger charge is 2.56. The van der Waals surface area contributed by atoms with E-state index in [9.17, 15) is 14.2 Å². The van der Waals surface area contributed by atoms with Crippen LogP contribution in [-0.2, 0) is 29.7 Å². The van der Waals surface area contributed by atoms with Crippen molar-refractivity contribution < 1.29 is 27.6 Å². The Kier molecular flexibility index (Phi) is 4.30. The summed E-state index contributed by atoms with van der Waals surface area (Å²) in [6, 6.07) is 7.14. The van der Waals surface area contributed by atoms with Crippen molar-refractivity contribution in [2.24, 2.45) is 0 Å². The molecular formula is C18H19N2O8P. The molecule has 0 saturated carbocycles. The largest absolute Gasteiger partial charge is 0.530 e. The van der Waals surface area contributed by atoms with Crippen molar-refractivity contribution in [3.63, 3.8) is 0 Å². The molecule has 5 rings (SSSR count). The lowest BCUT2D eigenvalue weighted by molar-refractivity contribution is -0.183. The standard InChI is InChI=1S/C18H19N2O8P/c1-11-7-20(17(22)19-15(11)21)16-14-6-18(27-16,9-24-14)10-26-29(23)25-8-12-4-2-3-5-13(12)28-29/h2-5,7,14,16H,6,8-10H2,1H3,(H,19,21,22)/t14-,16-,18?,29?/m1/s1. The summed E-state index contributed by atoms with van der Waals surface area (Å²) in [5.74, 6) is 0.459. The predicted molar refractivity (Wildman–Crippen MR) is 98.7 cm³/mol. The van der Waals surface area contributed by atoms with Gasteiger partial charge in [0.25, 0.3) is 5.56 Å². The van der Waals surface area contributed by atoms with Gasteiger partial charge >= 0.3 is 13.5 Å². The van der Waals surface area contributed by atoms with Crippen molar-refractivity contribution in [1.29, 1.82) is 0 Å². The first-order chi connectivity index (χ1) is 13.9. The maximum absolute atomic E-state index is 12.9. The van der Waals surface area contributed by atoms with Crippen LogP contribution in [0.2, 0.25) is 0 Å². The van der Waals surface area contributed by atoms with E-state index in [-0.39, 0.29) is 19.8 Å². The number of ether oxygens (including phenoxy) is 2. The molecule has 3 aliphatic heterocycles. The van der Waals surface area contributed by atoms with Crippen LogP contribution in [0.5, 0.6) is 5.75 Å². The number of H-pyrrole nitrogens is 1. The maximum atomic E-state index is 12.9. The van der Waals surface area contributed by atoms with Gasteiger partial charge in [0.15, 0.2) is 6.23 Å². The zero-order valence-corrected chi connectivity index (χ0v) is 16.4. The predicted octanol–water partition coefficient (Wildman–Crippen LogP) is 1.64. The zero-order valence-electron chi connectivity index (χ0n) is 15.5. The maximum Gasteiger partial charge on any atom is 0.530 e.